The molecule has 4 bridgehead atoms. The average Bonchev–Trinajstić information content (AvgIpc) is 3.55. The van der Waals surface area contributed by atoms with Crippen LogP contribution in [0.15, 0.2) is 24.4 Å². The van der Waals surface area contributed by atoms with Gasteiger partial charge in [-0.15, -0.1) is 5.10 Å². The molecule has 0 saturated carbocycles. The van der Waals surface area contributed by atoms with Crippen LogP contribution in [0.25, 0.3) is 0 Å². The molecular formula is C31H44N8O4S. The summed E-state index contributed by atoms with van der Waals surface area (Å²) in [6.07, 6.45) is 6.51. The van der Waals surface area contributed by atoms with Gasteiger partial charge in [-0.1, -0.05) is 11.3 Å². The number of nitrogens with one attached hydrogen (secondary N) is 2. The highest BCUT2D eigenvalue weighted by molar-refractivity contribution is 7.98. The van der Waals surface area contributed by atoms with Crippen LogP contribution >= 0.6 is 11.8 Å². The lowest BCUT2D eigenvalue weighted by Gasteiger charge is -2.23. The van der Waals surface area contributed by atoms with E-state index < -0.39 is 6.04 Å². The van der Waals surface area contributed by atoms with E-state index in [1.165, 1.54) is 0 Å². The first-order valence-electron chi connectivity index (χ1n) is 15.1. The monoisotopic (exact) mass is 624 g/mol. The first kappa shape index (κ1) is 33.0. The predicted octanol–water partition coefficient (Wildman–Crippen LogP) is 2.74. The van der Waals surface area contributed by atoms with Gasteiger partial charge in [0.15, 0.2) is 0 Å². The summed E-state index contributed by atoms with van der Waals surface area (Å²) in [7, 11) is 1.91. The minimum absolute atomic E-state index is 0.00527. The molecule has 1 atom stereocenters. The molecule has 238 valence electrons. The van der Waals surface area contributed by atoms with Crippen molar-refractivity contribution in [2.45, 2.75) is 72.0 Å². The third-order valence-electron chi connectivity index (χ3n) is 7.93. The van der Waals surface area contributed by atoms with Gasteiger partial charge in [0.05, 0.1) is 25.0 Å². The lowest BCUT2D eigenvalue weighted by molar-refractivity contribution is -0.131. The Kier molecular flexibility index (Phi) is 11.8. The molecule has 44 heavy (non-hydrogen) atoms. The maximum Gasteiger partial charge on any atom is 0.252 e. The van der Waals surface area contributed by atoms with Gasteiger partial charge >= 0.3 is 0 Å². The lowest BCUT2D eigenvalue weighted by Crippen LogP contribution is -2.47. The molecule has 0 aliphatic carbocycles. The Morgan fingerprint density at radius 1 is 1.16 bits per heavy atom. The summed E-state index contributed by atoms with van der Waals surface area (Å²) >= 11 is 1.62. The molecule has 0 fully saturated rings. The normalized spacial score (nSPS) is 17.0. The predicted molar refractivity (Wildman–Crippen MR) is 170 cm³/mol. The maximum absolute atomic E-state index is 13.5. The fraction of sp³-hybridized carbons (Fsp3) is 0.548. The van der Waals surface area contributed by atoms with Gasteiger partial charge in [0.2, 0.25) is 11.8 Å². The van der Waals surface area contributed by atoms with Gasteiger partial charge in [0.1, 0.15) is 17.5 Å². The number of nitrogens with zero attached hydrogens (tertiary/aromatic N) is 6. The molecule has 2 N–H and O–H groups in total. The van der Waals surface area contributed by atoms with Crippen LogP contribution in [0.5, 0.6) is 5.75 Å². The quantitative estimate of drug-likeness (QED) is 0.428. The summed E-state index contributed by atoms with van der Waals surface area (Å²) in [5, 5.41) is 19.0. The third-order valence-corrected chi connectivity index (χ3v) is 8.57. The van der Waals surface area contributed by atoms with E-state index in [4.69, 9.17) is 4.74 Å². The molecule has 2 aromatic heterocycles. The van der Waals surface area contributed by atoms with Crippen LogP contribution in [0.3, 0.4) is 0 Å². The Morgan fingerprint density at radius 3 is 2.73 bits per heavy atom. The van der Waals surface area contributed by atoms with Crippen molar-refractivity contribution in [3.8, 4) is 5.75 Å². The number of carbonyl (C=O) groups excluding carboxylic acids is 3. The molecule has 3 heterocycles. The summed E-state index contributed by atoms with van der Waals surface area (Å²) < 4.78 is 9.54. The number of fused-ring (bicyclic) bond motifs is 4. The topological polar surface area (TPSA) is 136 Å². The van der Waals surface area contributed by atoms with Crippen LogP contribution < -0.4 is 15.4 Å². The number of aromatic nitrogens is 5. The number of carbonyl (C=O) groups is 3. The van der Waals surface area contributed by atoms with Crippen LogP contribution in [0, 0.1) is 20.8 Å². The highest BCUT2D eigenvalue weighted by atomic mass is 32.2. The zero-order valence-corrected chi connectivity index (χ0v) is 27.2. The Balaban J connectivity index is 1.50. The molecule has 3 aromatic rings. The van der Waals surface area contributed by atoms with Gasteiger partial charge in [0, 0.05) is 50.8 Å². The van der Waals surface area contributed by atoms with E-state index >= 15 is 0 Å². The molecule has 0 radical (unpaired) electrons. The lowest BCUT2D eigenvalue weighted by atomic mass is 10.1. The van der Waals surface area contributed by atoms with Crippen molar-refractivity contribution in [1.82, 2.24) is 40.3 Å². The van der Waals surface area contributed by atoms with Crippen molar-refractivity contribution in [1.29, 1.82) is 0 Å². The molecule has 1 aliphatic rings. The number of ether oxygens (including phenoxy) is 1. The molecule has 0 spiro atoms. The summed E-state index contributed by atoms with van der Waals surface area (Å²) in [4.78, 5) is 41.7. The van der Waals surface area contributed by atoms with Crippen LogP contribution in [0.4, 0.5) is 0 Å². The first-order valence-corrected chi connectivity index (χ1v) is 16.5. The van der Waals surface area contributed by atoms with Crippen LogP contribution in [-0.4, -0.2) is 85.1 Å². The van der Waals surface area contributed by atoms with E-state index in [0.717, 1.165) is 28.3 Å². The van der Waals surface area contributed by atoms with Gasteiger partial charge in [0.25, 0.3) is 5.91 Å². The van der Waals surface area contributed by atoms with Crippen molar-refractivity contribution in [2.75, 3.05) is 31.7 Å². The number of hydrogen-bond donors (Lipinski definition) is 2. The van der Waals surface area contributed by atoms with E-state index in [1.807, 2.05) is 57.1 Å². The van der Waals surface area contributed by atoms with Crippen molar-refractivity contribution in [2.24, 2.45) is 7.05 Å². The first-order chi connectivity index (χ1) is 21.2. The minimum atomic E-state index is -0.678. The standard InChI is InChI=1S/C31H44N8O4S/c1-21-8-9-25-18-27(21)30(41)33-28(12-17-44-5)31(42)32-13-6-14-38(19-24-20-39(36-34-24)15-7-16-43-25)29(40)11-10-26-22(2)35-37(4)23(26)3/h8-9,18,20,28H,6-7,10-17,19H2,1-5H3,(H,32,42)(H,33,41)/t28-/m0/s1. The minimum Gasteiger partial charge on any atom is -0.494 e. The van der Waals surface area contributed by atoms with Gasteiger partial charge in [-0.25, -0.2) is 0 Å². The molecular weight excluding hydrogens is 580 g/mol. The Labute approximate surface area is 263 Å². The number of hydrogen-bond acceptors (Lipinski definition) is 8. The Hall–Kier alpha value is -3.87. The number of rotatable bonds is 6. The smallest absolute Gasteiger partial charge is 0.252 e. The van der Waals surface area contributed by atoms with Crippen molar-refractivity contribution in [3.05, 3.63) is 58.2 Å². The van der Waals surface area contributed by atoms with E-state index in [0.29, 0.717) is 81.9 Å². The molecule has 4 rings (SSSR count). The number of aryl methyl sites for hydroxylation is 4. The molecule has 0 saturated heterocycles. The van der Waals surface area contributed by atoms with Crippen LogP contribution in [0.1, 0.15) is 64.2 Å². The van der Waals surface area contributed by atoms with Crippen molar-refractivity contribution in [3.63, 3.8) is 0 Å². The highest BCUT2D eigenvalue weighted by Gasteiger charge is 2.23. The van der Waals surface area contributed by atoms with Gasteiger partial charge in [-0.2, -0.15) is 16.9 Å². The fourth-order valence-corrected chi connectivity index (χ4v) is 5.75. The fourth-order valence-electron chi connectivity index (χ4n) is 5.27. The second kappa shape index (κ2) is 15.7. The molecule has 3 amide bonds. The number of benzene rings is 1. The van der Waals surface area contributed by atoms with Crippen molar-refractivity contribution < 1.29 is 19.1 Å². The van der Waals surface area contributed by atoms with Crippen LogP contribution in [-0.2, 0) is 36.1 Å². The summed E-state index contributed by atoms with van der Waals surface area (Å²) in [5.41, 5.74) is 5.06. The molecule has 0 unspecified atom stereocenters. The van der Waals surface area contributed by atoms with Crippen molar-refractivity contribution >= 4 is 29.5 Å². The van der Waals surface area contributed by atoms with E-state index in [1.54, 1.807) is 27.4 Å². The molecule has 1 aromatic carbocycles. The second-order valence-electron chi connectivity index (χ2n) is 11.2. The Morgan fingerprint density at radius 2 is 1.98 bits per heavy atom. The average molecular weight is 625 g/mol. The number of thioether (sulfide) groups is 1. The van der Waals surface area contributed by atoms with Gasteiger partial charge in [-0.3, -0.25) is 23.7 Å². The summed E-state index contributed by atoms with van der Waals surface area (Å²) in [5.74, 6) is 0.764. The third kappa shape index (κ3) is 8.84. The zero-order valence-electron chi connectivity index (χ0n) is 26.4. The molecule has 13 heteroatoms. The number of amides is 3. The summed E-state index contributed by atoms with van der Waals surface area (Å²) in [6.45, 7) is 8.00. The summed E-state index contributed by atoms with van der Waals surface area (Å²) in [6, 6.07) is 4.74. The largest absolute Gasteiger partial charge is 0.494 e. The molecule has 12 nitrogen and oxygen atoms in total. The SMILES string of the molecule is CSCC[C@@H]1NC(=O)c2cc(ccc2C)OCCCn2cc(nn2)CN(C(=O)CCc2c(C)nn(C)c2C)CCCNC1=O. The molecule has 1 aliphatic heterocycles. The zero-order chi connectivity index (χ0) is 31.6. The van der Waals surface area contributed by atoms with E-state index in [9.17, 15) is 14.4 Å². The maximum atomic E-state index is 13.5. The van der Waals surface area contributed by atoms with Gasteiger partial charge < -0.3 is 20.3 Å². The highest BCUT2D eigenvalue weighted by Crippen LogP contribution is 2.19. The van der Waals surface area contributed by atoms with E-state index in [2.05, 4.69) is 26.0 Å². The Bertz CT molecular complexity index is 1450. The van der Waals surface area contributed by atoms with Crippen LogP contribution in [0.2, 0.25) is 0 Å². The van der Waals surface area contributed by atoms with Gasteiger partial charge in [-0.05, 0) is 75.3 Å². The van der Waals surface area contributed by atoms with E-state index in [-0.39, 0.29) is 17.7 Å². The second-order valence-corrected chi connectivity index (χ2v) is 12.2.